The average Bonchev–Trinajstić information content (AvgIpc) is 1.94. The molecule has 3 nitrogen and oxygen atoms in total. The molecule has 1 rings (SSSR count). The van der Waals surface area contributed by atoms with Crippen LogP contribution in [0.5, 0.6) is 0 Å². The minimum atomic E-state index is 0. The van der Waals surface area contributed by atoms with Crippen LogP contribution in [0.15, 0.2) is 24.6 Å². The van der Waals surface area contributed by atoms with Gasteiger partial charge in [0.1, 0.15) is 0 Å². The minimum Gasteiger partial charge on any atom is -0.479 e. The van der Waals surface area contributed by atoms with Gasteiger partial charge in [0.2, 0.25) is 0 Å². The fraction of sp³-hybridized carbons (Fsp3) is 0.200. The first-order valence-corrected chi connectivity index (χ1v) is 2.36. The lowest BCUT2D eigenvalue weighted by atomic mass is 10.6. The number of ether oxygens (including phenoxy) is 1. The molecule has 0 atom stereocenters. The Bertz CT molecular complexity index is 124. The topological polar surface area (TPSA) is 38.5 Å². The summed E-state index contributed by atoms with van der Waals surface area (Å²) in [7, 11) is 0. The second kappa shape index (κ2) is 4.23. The first kappa shape index (κ1) is 8.33. The fourth-order valence-corrected chi connectivity index (χ4v) is 0.433. The second-order valence-corrected chi connectivity index (χ2v) is 1.48. The quantitative estimate of drug-likeness (QED) is 0.512. The predicted octanol–water partition coefficient (Wildman–Crippen LogP) is 0.599. The summed E-state index contributed by atoms with van der Waals surface area (Å²) in [6, 6.07) is 0. The Kier molecular flexibility index (Phi) is 3.92. The van der Waals surface area contributed by atoms with Gasteiger partial charge < -0.3 is 4.74 Å². The van der Waals surface area contributed by atoms with E-state index in [1.807, 2.05) is 6.08 Å². The van der Waals surface area contributed by atoms with E-state index in [0.29, 0.717) is 6.73 Å². The Labute approximate surface area is 60.2 Å². The highest BCUT2D eigenvalue weighted by Gasteiger charge is 1.88. The number of allylic oxidation sites excluding steroid dienone is 2. The van der Waals surface area contributed by atoms with E-state index in [0.717, 1.165) is 0 Å². The highest BCUT2D eigenvalue weighted by molar-refractivity contribution is 5.85. The fourth-order valence-electron chi connectivity index (χ4n) is 0.433. The normalized spacial score (nSPS) is 15.9. The molecule has 0 saturated carbocycles. The van der Waals surface area contributed by atoms with Crippen LogP contribution in [0, 0.1) is 0 Å². The van der Waals surface area contributed by atoms with Gasteiger partial charge in [-0.3, -0.25) is 5.01 Å². The van der Waals surface area contributed by atoms with Gasteiger partial charge in [0.05, 0.1) is 6.26 Å². The van der Waals surface area contributed by atoms with Gasteiger partial charge in [0.15, 0.2) is 6.73 Å². The number of hydrogen-bond acceptors (Lipinski definition) is 3. The van der Waals surface area contributed by atoms with Gasteiger partial charge >= 0.3 is 0 Å². The van der Waals surface area contributed by atoms with Crippen molar-refractivity contribution in [2.45, 2.75) is 0 Å². The third-order valence-corrected chi connectivity index (χ3v) is 0.787. The molecule has 1 aliphatic rings. The molecule has 0 radical (unpaired) electrons. The van der Waals surface area contributed by atoms with Gasteiger partial charge in [0.25, 0.3) is 0 Å². The zero-order valence-electron chi connectivity index (χ0n) is 4.86. The zero-order chi connectivity index (χ0) is 5.82. The summed E-state index contributed by atoms with van der Waals surface area (Å²) >= 11 is 0. The highest BCUT2D eigenvalue weighted by Crippen LogP contribution is 1.89. The van der Waals surface area contributed by atoms with Crippen LogP contribution >= 0.6 is 12.4 Å². The SMILES string of the molecule is Cl.NN1C=CC=COC1. The maximum atomic E-state index is 5.32. The van der Waals surface area contributed by atoms with Crippen molar-refractivity contribution in [1.82, 2.24) is 5.01 Å². The van der Waals surface area contributed by atoms with Crippen LogP contribution in [0.2, 0.25) is 0 Å². The van der Waals surface area contributed by atoms with E-state index in [1.165, 1.54) is 5.01 Å². The first-order chi connectivity index (χ1) is 3.89. The van der Waals surface area contributed by atoms with Crippen LogP contribution in [-0.2, 0) is 4.74 Å². The van der Waals surface area contributed by atoms with Gasteiger partial charge in [-0.2, -0.15) is 0 Å². The lowest BCUT2D eigenvalue weighted by molar-refractivity contribution is 0.133. The summed E-state index contributed by atoms with van der Waals surface area (Å²) in [5, 5.41) is 1.46. The largest absolute Gasteiger partial charge is 0.479 e. The number of halogens is 1. The molecule has 0 aromatic heterocycles. The molecular formula is C5H9ClN2O. The van der Waals surface area contributed by atoms with Crippen LogP contribution < -0.4 is 5.84 Å². The van der Waals surface area contributed by atoms with E-state index < -0.39 is 0 Å². The van der Waals surface area contributed by atoms with Crippen molar-refractivity contribution in [2.75, 3.05) is 6.73 Å². The Morgan fingerprint density at radius 2 is 2.22 bits per heavy atom. The molecule has 1 aliphatic heterocycles. The van der Waals surface area contributed by atoms with E-state index in [2.05, 4.69) is 0 Å². The number of nitrogens with two attached hydrogens (primary N) is 1. The third-order valence-electron chi connectivity index (χ3n) is 0.787. The van der Waals surface area contributed by atoms with E-state index in [4.69, 9.17) is 10.6 Å². The molecule has 1 heterocycles. The molecule has 52 valence electrons. The first-order valence-electron chi connectivity index (χ1n) is 2.36. The maximum absolute atomic E-state index is 5.32. The minimum absolute atomic E-state index is 0. The molecule has 0 aromatic rings. The molecule has 0 fully saturated rings. The number of hydrogen-bond donors (Lipinski definition) is 1. The van der Waals surface area contributed by atoms with Gasteiger partial charge in [-0.05, 0) is 12.2 Å². The van der Waals surface area contributed by atoms with Crippen LogP contribution in [-0.4, -0.2) is 11.7 Å². The lowest BCUT2D eigenvalue weighted by Crippen LogP contribution is -2.25. The zero-order valence-corrected chi connectivity index (χ0v) is 5.67. The number of nitrogens with zero attached hydrogens (tertiary/aromatic N) is 1. The van der Waals surface area contributed by atoms with Crippen LogP contribution in [0.25, 0.3) is 0 Å². The number of hydrazine groups is 1. The number of rotatable bonds is 0. The van der Waals surface area contributed by atoms with Crippen molar-refractivity contribution < 1.29 is 4.74 Å². The molecule has 0 spiro atoms. The third kappa shape index (κ3) is 3.00. The van der Waals surface area contributed by atoms with Gasteiger partial charge in [-0.25, -0.2) is 5.84 Å². The Morgan fingerprint density at radius 3 is 3.00 bits per heavy atom. The summed E-state index contributed by atoms with van der Waals surface area (Å²) in [5.41, 5.74) is 0. The van der Waals surface area contributed by atoms with E-state index >= 15 is 0 Å². The monoisotopic (exact) mass is 148 g/mol. The van der Waals surface area contributed by atoms with E-state index in [-0.39, 0.29) is 12.4 Å². The van der Waals surface area contributed by atoms with Crippen molar-refractivity contribution in [3.05, 3.63) is 24.6 Å². The van der Waals surface area contributed by atoms with Crippen molar-refractivity contribution >= 4 is 12.4 Å². The standard InChI is InChI=1S/C5H8N2O.ClH/c6-7-3-1-2-4-8-5-7;/h1-4H,5-6H2;1H. The molecule has 0 aromatic carbocycles. The lowest BCUT2D eigenvalue weighted by Gasteiger charge is -2.08. The van der Waals surface area contributed by atoms with Gasteiger partial charge in [0, 0.05) is 6.20 Å². The summed E-state index contributed by atoms with van der Waals surface area (Å²) in [6.07, 6.45) is 6.94. The van der Waals surface area contributed by atoms with Crippen molar-refractivity contribution in [3.8, 4) is 0 Å². The molecule has 2 N–H and O–H groups in total. The van der Waals surface area contributed by atoms with Crippen molar-refractivity contribution in [1.29, 1.82) is 0 Å². The van der Waals surface area contributed by atoms with Gasteiger partial charge in [-0.15, -0.1) is 12.4 Å². The molecule has 9 heavy (non-hydrogen) atoms. The van der Waals surface area contributed by atoms with E-state index in [9.17, 15) is 0 Å². The molecule has 0 bridgehead atoms. The molecule has 4 heteroatoms. The van der Waals surface area contributed by atoms with Gasteiger partial charge in [-0.1, -0.05) is 0 Å². The molecule has 0 saturated heterocycles. The Hall–Kier alpha value is -0.670. The predicted molar refractivity (Wildman–Crippen MR) is 37.5 cm³/mol. The summed E-state index contributed by atoms with van der Waals surface area (Å²) < 4.78 is 4.86. The molecule has 0 unspecified atom stereocenters. The highest BCUT2D eigenvalue weighted by atomic mass is 35.5. The van der Waals surface area contributed by atoms with Crippen molar-refractivity contribution in [2.24, 2.45) is 5.84 Å². The van der Waals surface area contributed by atoms with Crippen LogP contribution in [0.1, 0.15) is 0 Å². The maximum Gasteiger partial charge on any atom is 0.173 e. The van der Waals surface area contributed by atoms with Crippen molar-refractivity contribution in [3.63, 3.8) is 0 Å². The van der Waals surface area contributed by atoms with Crippen LogP contribution in [0.3, 0.4) is 0 Å². The van der Waals surface area contributed by atoms with Crippen LogP contribution in [0.4, 0.5) is 0 Å². The van der Waals surface area contributed by atoms with E-state index in [1.54, 1.807) is 18.5 Å². The molecule has 0 amide bonds. The summed E-state index contributed by atoms with van der Waals surface area (Å²) in [5.74, 6) is 5.32. The average molecular weight is 149 g/mol. The second-order valence-electron chi connectivity index (χ2n) is 1.48. The Balaban J connectivity index is 0.000000640. The summed E-state index contributed by atoms with van der Waals surface area (Å²) in [4.78, 5) is 0. The molecule has 0 aliphatic carbocycles. The Morgan fingerprint density at radius 1 is 1.44 bits per heavy atom. The molecular weight excluding hydrogens is 140 g/mol. The smallest absolute Gasteiger partial charge is 0.173 e. The summed E-state index contributed by atoms with van der Waals surface area (Å²) in [6.45, 7) is 0.424.